The molecule has 150 valence electrons. The van der Waals surface area contributed by atoms with E-state index in [1.165, 1.54) is 0 Å². The van der Waals surface area contributed by atoms with Gasteiger partial charge in [-0.3, -0.25) is 0 Å². The molecule has 5 heteroatoms. The summed E-state index contributed by atoms with van der Waals surface area (Å²) in [6.45, 7) is 1.55. The van der Waals surface area contributed by atoms with Gasteiger partial charge in [-0.25, -0.2) is 4.79 Å². The summed E-state index contributed by atoms with van der Waals surface area (Å²) in [4.78, 5) is 11.1. The minimum absolute atomic E-state index is 0.151. The zero-order valence-corrected chi connectivity index (χ0v) is 16.1. The Hall–Kier alpha value is -1.43. The Bertz CT molecular complexity index is 415. The first-order valence-corrected chi connectivity index (χ1v) is 9.70. The van der Waals surface area contributed by atoms with E-state index >= 15 is 0 Å². The number of allylic oxidation sites excluding steroid dienone is 6. The van der Waals surface area contributed by atoms with E-state index in [-0.39, 0.29) is 6.61 Å². The highest BCUT2D eigenvalue weighted by Crippen LogP contribution is 2.11. The van der Waals surface area contributed by atoms with Crippen molar-refractivity contribution in [1.29, 1.82) is 0 Å². The summed E-state index contributed by atoms with van der Waals surface area (Å²) in [5.41, 5.74) is 0. The lowest BCUT2D eigenvalue weighted by atomic mass is 10.1. The Morgan fingerprint density at radius 1 is 0.962 bits per heavy atom. The average Bonchev–Trinajstić information content (AvgIpc) is 2.63. The molecule has 0 aliphatic carbocycles. The minimum atomic E-state index is -1.02. The predicted molar refractivity (Wildman–Crippen MR) is 105 cm³/mol. The number of unbranched alkanes of at least 4 members (excludes halogenated alkanes) is 4. The molecule has 0 aromatic heterocycles. The van der Waals surface area contributed by atoms with Crippen molar-refractivity contribution in [3.05, 3.63) is 36.5 Å². The van der Waals surface area contributed by atoms with Crippen LogP contribution in [0.15, 0.2) is 36.5 Å². The van der Waals surface area contributed by atoms with Crippen LogP contribution >= 0.6 is 0 Å². The Morgan fingerprint density at radius 2 is 1.58 bits per heavy atom. The number of aliphatic carboxylic acids is 1. The predicted octanol–water partition coefficient (Wildman–Crippen LogP) is 4.01. The van der Waals surface area contributed by atoms with Crippen LogP contribution in [0.2, 0.25) is 0 Å². The second kappa shape index (κ2) is 18.4. The van der Waals surface area contributed by atoms with Gasteiger partial charge < -0.3 is 20.1 Å². The van der Waals surface area contributed by atoms with Gasteiger partial charge in [0.2, 0.25) is 0 Å². The summed E-state index contributed by atoms with van der Waals surface area (Å²) in [7, 11) is 0. The average molecular weight is 369 g/mol. The lowest BCUT2D eigenvalue weighted by Gasteiger charge is -2.15. The molecule has 0 bridgehead atoms. The number of carboxylic acids is 1. The molecule has 0 fully saturated rings. The molecule has 0 aromatic rings. The number of aliphatic hydroxyl groups excluding tert-OH is 2. The highest BCUT2D eigenvalue weighted by Gasteiger charge is 2.18. The Labute approximate surface area is 158 Å². The van der Waals surface area contributed by atoms with Crippen molar-refractivity contribution in [2.45, 2.75) is 76.9 Å². The molecule has 3 N–H and O–H groups in total. The summed E-state index contributed by atoms with van der Waals surface area (Å²) in [6.07, 6.45) is 19.6. The maximum Gasteiger partial charge on any atom is 0.332 e. The number of aliphatic hydroxyl groups is 2. The van der Waals surface area contributed by atoms with Crippen molar-refractivity contribution in [3.63, 3.8) is 0 Å². The van der Waals surface area contributed by atoms with Gasteiger partial charge in [-0.05, 0) is 38.5 Å². The number of hydrogen-bond donors (Lipinski definition) is 3. The summed E-state index contributed by atoms with van der Waals surface area (Å²) in [5.74, 6) is -1.02. The summed E-state index contributed by atoms with van der Waals surface area (Å²) < 4.78 is 5.14. The van der Waals surface area contributed by atoms with E-state index in [0.29, 0.717) is 6.42 Å². The molecular formula is C21H36O5. The second-order valence-electron chi connectivity index (χ2n) is 6.28. The molecule has 0 saturated carbocycles. The molecule has 0 aliphatic rings. The van der Waals surface area contributed by atoms with Gasteiger partial charge in [0.25, 0.3) is 0 Å². The third-order valence-corrected chi connectivity index (χ3v) is 3.84. The van der Waals surface area contributed by atoms with Crippen LogP contribution in [0, 0.1) is 0 Å². The lowest BCUT2D eigenvalue weighted by Crippen LogP contribution is -2.29. The largest absolute Gasteiger partial charge is 0.479 e. The maximum absolute atomic E-state index is 11.1. The molecule has 2 atom stereocenters. The quantitative estimate of drug-likeness (QED) is 0.267. The first-order valence-electron chi connectivity index (χ1n) is 9.70. The first kappa shape index (κ1) is 24.6. The van der Waals surface area contributed by atoms with Gasteiger partial charge in [0.15, 0.2) is 6.10 Å². The number of hydrogen-bond acceptors (Lipinski definition) is 4. The van der Waals surface area contributed by atoms with Crippen LogP contribution in [0.4, 0.5) is 0 Å². The number of carbonyl (C=O) groups is 1. The van der Waals surface area contributed by atoms with Crippen molar-refractivity contribution in [2.24, 2.45) is 0 Å². The van der Waals surface area contributed by atoms with Crippen molar-refractivity contribution in [3.8, 4) is 0 Å². The molecule has 0 saturated heterocycles. The zero-order valence-electron chi connectivity index (χ0n) is 16.1. The zero-order chi connectivity index (χ0) is 19.5. The maximum atomic E-state index is 11.1. The van der Waals surface area contributed by atoms with Crippen molar-refractivity contribution < 1.29 is 24.9 Å². The van der Waals surface area contributed by atoms with Crippen LogP contribution in [-0.4, -0.2) is 46.7 Å². The van der Waals surface area contributed by atoms with E-state index in [2.05, 4.69) is 43.4 Å². The molecule has 0 spiro atoms. The SMILES string of the molecule is CC/C=C\C/C=C\C/C=C\CCCCCCC(OCC(O)CO)C(=O)O. The number of carboxylic acid groups (broad SMARTS) is 1. The fourth-order valence-corrected chi connectivity index (χ4v) is 2.33. The second-order valence-corrected chi connectivity index (χ2v) is 6.28. The van der Waals surface area contributed by atoms with Gasteiger partial charge in [-0.2, -0.15) is 0 Å². The van der Waals surface area contributed by atoms with Gasteiger partial charge >= 0.3 is 5.97 Å². The normalized spacial score (nSPS) is 14.6. The molecule has 0 rings (SSSR count). The summed E-state index contributed by atoms with van der Waals surface area (Å²) in [5, 5.41) is 27.0. The van der Waals surface area contributed by atoms with E-state index in [9.17, 15) is 9.90 Å². The van der Waals surface area contributed by atoms with Crippen molar-refractivity contribution in [1.82, 2.24) is 0 Å². The van der Waals surface area contributed by atoms with E-state index < -0.39 is 24.8 Å². The lowest BCUT2D eigenvalue weighted by molar-refractivity contribution is -0.153. The van der Waals surface area contributed by atoms with Crippen LogP contribution in [-0.2, 0) is 9.53 Å². The fourth-order valence-electron chi connectivity index (χ4n) is 2.33. The topological polar surface area (TPSA) is 87.0 Å². The number of rotatable bonds is 17. The van der Waals surface area contributed by atoms with E-state index in [1.54, 1.807) is 0 Å². The highest BCUT2D eigenvalue weighted by molar-refractivity contribution is 5.72. The molecule has 5 nitrogen and oxygen atoms in total. The van der Waals surface area contributed by atoms with E-state index in [0.717, 1.165) is 51.4 Å². The molecule has 0 radical (unpaired) electrons. The summed E-state index contributed by atoms with van der Waals surface area (Å²) in [6, 6.07) is 0. The van der Waals surface area contributed by atoms with Crippen LogP contribution < -0.4 is 0 Å². The van der Waals surface area contributed by atoms with Gasteiger partial charge in [0.05, 0.1) is 13.2 Å². The molecule has 26 heavy (non-hydrogen) atoms. The number of ether oxygens (including phenoxy) is 1. The van der Waals surface area contributed by atoms with Crippen LogP contribution in [0.25, 0.3) is 0 Å². The molecule has 0 heterocycles. The minimum Gasteiger partial charge on any atom is -0.479 e. The van der Waals surface area contributed by atoms with Crippen LogP contribution in [0.5, 0.6) is 0 Å². The molecule has 0 aromatic carbocycles. The molecular weight excluding hydrogens is 332 g/mol. The highest BCUT2D eigenvalue weighted by atomic mass is 16.5. The Kier molecular flexibility index (Phi) is 17.4. The van der Waals surface area contributed by atoms with Crippen molar-refractivity contribution in [2.75, 3.05) is 13.2 Å². The molecule has 2 unspecified atom stereocenters. The van der Waals surface area contributed by atoms with Gasteiger partial charge in [-0.15, -0.1) is 0 Å². The Morgan fingerprint density at radius 3 is 2.19 bits per heavy atom. The van der Waals surface area contributed by atoms with E-state index in [1.807, 2.05) is 0 Å². The molecule has 0 amide bonds. The van der Waals surface area contributed by atoms with E-state index in [4.69, 9.17) is 14.9 Å². The van der Waals surface area contributed by atoms with Gasteiger partial charge in [0.1, 0.15) is 6.10 Å². The third kappa shape index (κ3) is 16.1. The third-order valence-electron chi connectivity index (χ3n) is 3.84. The monoisotopic (exact) mass is 368 g/mol. The fraction of sp³-hybridized carbons (Fsp3) is 0.667. The molecule has 0 aliphatic heterocycles. The van der Waals surface area contributed by atoms with Gasteiger partial charge in [-0.1, -0.05) is 62.6 Å². The first-order chi connectivity index (χ1) is 12.6. The Balaban J connectivity index is 3.62. The van der Waals surface area contributed by atoms with Gasteiger partial charge in [0, 0.05) is 0 Å². The van der Waals surface area contributed by atoms with Crippen LogP contribution in [0.3, 0.4) is 0 Å². The van der Waals surface area contributed by atoms with Crippen molar-refractivity contribution >= 4 is 5.97 Å². The van der Waals surface area contributed by atoms with Crippen LogP contribution in [0.1, 0.15) is 64.7 Å². The standard InChI is InChI=1S/C21H36O5/c1-2-3-4-5-6-7-8-9-10-11-12-13-14-15-16-20(21(24)25)26-18-19(23)17-22/h3-4,6-7,9-10,19-20,22-23H,2,5,8,11-18H2,1H3,(H,24,25)/b4-3-,7-6-,10-9-. The summed E-state index contributed by atoms with van der Waals surface area (Å²) >= 11 is 0. The smallest absolute Gasteiger partial charge is 0.332 e.